The Hall–Kier alpha value is -1.96. The SMILES string of the molecule is CN(C)C[C@H](NC(=O)c1ccc(OC(F)(F)F)cc1)c1ccc(Cl)c(Cl)c1. The molecular weight excluding hydrogens is 404 g/mol. The van der Waals surface area contributed by atoms with Gasteiger partial charge < -0.3 is 15.0 Å². The molecule has 2 aromatic carbocycles. The summed E-state index contributed by atoms with van der Waals surface area (Å²) in [6.45, 7) is 0.485. The van der Waals surface area contributed by atoms with Crippen LogP contribution >= 0.6 is 23.2 Å². The van der Waals surface area contributed by atoms with Crippen LogP contribution < -0.4 is 10.1 Å². The Bertz CT molecular complexity index is 796. The number of hydrogen-bond donors (Lipinski definition) is 1. The number of nitrogens with one attached hydrogen (secondary N) is 1. The third-order valence-corrected chi connectivity index (χ3v) is 4.29. The predicted molar refractivity (Wildman–Crippen MR) is 98.3 cm³/mol. The number of ether oxygens (including phenoxy) is 1. The summed E-state index contributed by atoms with van der Waals surface area (Å²) >= 11 is 12.0. The zero-order valence-electron chi connectivity index (χ0n) is 14.5. The van der Waals surface area contributed by atoms with Crippen LogP contribution in [0.15, 0.2) is 42.5 Å². The normalized spacial score (nSPS) is 12.7. The molecule has 1 amide bonds. The van der Waals surface area contributed by atoms with Gasteiger partial charge in [-0.2, -0.15) is 0 Å². The van der Waals surface area contributed by atoms with Crippen LogP contribution in [-0.2, 0) is 0 Å². The number of likely N-dealkylation sites (N-methyl/N-ethyl adjacent to an activating group) is 1. The second kappa shape index (κ2) is 8.82. The van der Waals surface area contributed by atoms with E-state index in [4.69, 9.17) is 23.2 Å². The first-order valence-electron chi connectivity index (χ1n) is 7.81. The second-order valence-electron chi connectivity index (χ2n) is 6.03. The van der Waals surface area contributed by atoms with Gasteiger partial charge in [0.2, 0.25) is 0 Å². The van der Waals surface area contributed by atoms with Crippen LogP contribution in [0.25, 0.3) is 0 Å². The third kappa shape index (κ3) is 6.61. The highest BCUT2D eigenvalue weighted by Crippen LogP contribution is 2.27. The van der Waals surface area contributed by atoms with Crippen molar-refractivity contribution in [2.45, 2.75) is 12.4 Å². The van der Waals surface area contributed by atoms with Gasteiger partial charge in [-0.1, -0.05) is 29.3 Å². The largest absolute Gasteiger partial charge is 0.573 e. The Labute approximate surface area is 164 Å². The van der Waals surface area contributed by atoms with Crippen LogP contribution in [0.5, 0.6) is 5.75 Å². The van der Waals surface area contributed by atoms with Crippen molar-refractivity contribution in [2.75, 3.05) is 20.6 Å². The molecule has 0 aliphatic rings. The van der Waals surface area contributed by atoms with Crippen LogP contribution in [0.4, 0.5) is 13.2 Å². The number of nitrogens with zero attached hydrogens (tertiary/aromatic N) is 1. The molecular formula is C18H17Cl2F3N2O2. The van der Waals surface area contributed by atoms with Gasteiger partial charge in [0, 0.05) is 12.1 Å². The molecule has 1 atom stereocenters. The summed E-state index contributed by atoms with van der Waals surface area (Å²) in [7, 11) is 3.69. The maximum atomic E-state index is 12.5. The highest BCUT2D eigenvalue weighted by atomic mass is 35.5. The highest BCUT2D eigenvalue weighted by Gasteiger charge is 2.31. The molecule has 0 unspecified atom stereocenters. The van der Waals surface area contributed by atoms with Gasteiger partial charge in [-0.15, -0.1) is 13.2 Å². The van der Waals surface area contributed by atoms with E-state index in [2.05, 4.69) is 10.1 Å². The summed E-state index contributed by atoms with van der Waals surface area (Å²) in [4.78, 5) is 14.4. The minimum absolute atomic E-state index is 0.202. The fourth-order valence-corrected chi connectivity index (χ4v) is 2.68. The molecule has 0 aliphatic heterocycles. The predicted octanol–water partition coefficient (Wildman–Crippen LogP) is 4.92. The van der Waals surface area contributed by atoms with Crippen LogP contribution in [0.1, 0.15) is 22.0 Å². The zero-order chi connectivity index (χ0) is 20.2. The van der Waals surface area contributed by atoms with E-state index in [1.165, 1.54) is 12.1 Å². The fraction of sp³-hybridized carbons (Fsp3) is 0.278. The number of hydrogen-bond acceptors (Lipinski definition) is 3. The van der Waals surface area contributed by atoms with Crippen LogP contribution in [0.3, 0.4) is 0 Å². The Kier molecular flexibility index (Phi) is 6.97. The molecule has 0 aromatic heterocycles. The average molecular weight is 421 g/mol. The van der Waals surface area contributed by atoms with Gasteiger partial charge in [0.05, 0.1) is 16.1 Å². The standard InChI is InChI=1S/C18H17Cl2F3N2O2/c1-25(2)10-16(12-5-8-14(19)15(20)9-12)24-17(26)11-3-6-13(7-4-11)27-18(21,22)23/h3-9,16H,10H2,1-2H3,(H,24,26)/t16-/m0/s1. The molecule has 0 fully saturated rings. The van der Waals surface area contributed by atoms with Gasteiger partial charge >= 0.3 is 6.36 Å². The van der Waals surface area contributed by atoms with Gasteiger partial charge in [0.15, 0.2) is 0 Å². The summed E-state index contributed by atoms with van der Waals surface area (Å²) in [6, 6.07) is 9.35. The molecule has 4 nitrogen and oxygen atoms in total. The number of benzene rings is 2. The molecule has 1 N–H and O–H groups in total. The van der Waals surface area contributed by atoms with E-state index in [-0.39, 0.29) is 5.56 Å². The van der Waals surface area contributed by atoms with E-state index in [1.54, 1.807) is 18.2 Å². The average Bonchev–Trinajstić information content (AvgIpc) is 2.55. The van der Waals surface area contributed by atoms with E-state index >= 15 is 0 Å². The minimum atomic E-state index is -4.78. The van der Waals surface area contributed by atoms with Crippen molar-refractivity contribution in [3.05, 3.63) is 63.6 Å². The van der Waals surface area contributed by atoms with Crippen molar-refractivity contribution in [3.63, 3.8) is 0 Å². The van der Waals surface area contributed by atoms with Gasteiger partial charge in [-0.25, -0.2) is 0 Å². The van der Waals surface area contributed by atoms with Crippen LogP contribution in [0.2, 0.25) is 10.0 Å². The van der Waals surface area contributed by atoms with Crippen LogP contribution in [-0.4, -0.2) is 37.8 Å². The molecule has 2 rings (SSSR count). The molecule has 0 aliphatic carbocycles. The summed E-state index contributed by atoms with van der Waals surface area (Å²) in [6.07, 6.45) is -4.78. The van der Waals surface area contributed by atoms with Crippen molar-refractivity contribution in [3.8, 4) is 5.75 Å². The summed E-state index contributed by atoms with van der Waals surface area (Å²) in [5.74, 6) is -0.833. The van der Waals surface area contributed by atoms with Crippen molar-refractivity contribution >= 4 is 29.1 Å². The molecule has 27 heavy (non-hydrogen) atoms. The van der Waals surface area contributed by atoms with Gasteiger partial charge in [0.25, 0.3) is 5.91 Å². The summed E-state index contributed by atoms with van der Waals surface area (Å²) in [5.41, 5.74) is 0.955. The third-order valence-electron chi connectivity index (χ3n) is 3.55. The Morgan fingerprint density at radius 1 is 1.11 bits per heavy atom. The number of amides is 1. The fourth-order valence-electron chi connectivity index (χ4n) is 2.38. The zero-order valence-corrected chi connectivity index (χ0v) is 16.0. The Morgan fingerprint density at radius 3 is 2.26 bits per heavy atom. The van der Waals surface area contributed by atoms with E-state index in [0.717, 1.165) is 17.7 Å². The molecule has 2 aromatic rings. The van der Waals surface area contributed by atoms with Gasteiger partial charge in [-0.05, 0) is 56.1 Å². The molecule has 0 saturated heterocycles. The maximum absolute atomic E-state index is 12.5. The quantitative estimate of drug-likeness (QED) is 0.720. The lowest BCUT2D eigenvalue weighted by Crippen LogP contribution is -2.35. The molecule has 0 saturated carbocycles. The Balaban J connectivity index is 2.16. The van der Waals surface area contributed by atoms with Crippen molar-refractivity contribution in [1.82, 2.24) is 10.2 Å². The lowest BCUT2D eigenvalue weighted by atomic mass is 10.1. The Morgan fingerprint density at radius 2 is 1.74 bits per heavy atom. The molecule has 0 heterocycles. The topological polar surface area (TPSA) is 41.6 Å². The van der Waals surface area contributed by atoms with Crippen molar-refractivity contribution in [1.29, 1.82) is 0 Å². The van der Waals surface area contributed by atoms with E-state index in [9.17, 15) is 18.0 Å². The number of rotatable bonds is 6. The molecule has 0 spiro atoms. The van der Waals surface area contributed by atoms with E-state index < -0.39 is 24.1 Å². The second-order valence-corrected chi connectivity index (χ2v) is 6.85. The number of carbonyl (C=O) groups is 1. The van der Waals surface area contributed by atoms with E-state index in [0.29, 0.717) is 16.6 Å². The smallest absolute Gasteiger partial charge is 0.406 e. The van der Waals surface area contributed by atoms with Crippen LogP contribution in [0, 0.1) is 0 Å². The number of alkyl halides is 3. The van der Waals surface area contributed by atoms with E-state index in [1.807, 2.05) is 19.0 Å². The van der Waals surface area contributed by atoms with Crippen molar-refractivity contribution < 1.29 is 22.7 Å². The highest BCUT2D eigenvalue weighted by molar-refractivity contribution is 6.42. The lowest BCUT2D eigenvalue weighted by molar-refractivity contribution is -0.274. The van der Waals surface area contributed by atoms with Gasteiger partial charge in [0.1, 0.15) is 5.75 Å². The first-order valence-corrected chi connectivity index (χ1v) is 8.57. The molecule has 0 radical (unpaired) electrons. The maximum Gasteiger partial charge on any atom is 0.573 e. The molecule has 9 heteroatoms. The monoisotopic (exact) mass is 420 g/mol. The number of halogens is 5. The summed E-state index contributed by atoms with van der Waals surface area (Å²) in [5, 5.41) is 3.61. The van der Waals surface area contributed by atoms with Gasteiger partial charge in [-0.3, -0.25) is 4.79 Å². The number of carbonyl (C=O) groups excluding carboxylic acids is 1. The first-order chi connectivity index (χ1) is 12.5. The van der Waals surface area contributed by atoms with Crippen molar-refractivity contribution in [2.24, 2.45) is 0 Å². The minimum Gasteiger partial charge on any atom is -0.406 e. The molecule has 146 valence electrons. The summed E-state index contributed by atoms with van der Waals surface area (Å²) < 4.78 is 40.4. The lowest BCUT2D eigenvalue weighted by Gasteiger charge is -2.23. The first kappa shape index (κ1) is 21.3. The molecule has 0 bridgehead atoms.